The number of hydrogen-bond acceptors (Lipinski definition) is 3. The number of benzene rings is 1. The van der Waals surface area contributed by atoms with Crippen LogP contribution in [-0.4, -0.2) is 0 Å². The van der Waals surface area contributed by atoms with E-state index in [1.165, 1.54) is 11.6 Å². The average molecular weight is 250 g/mol. The minimum Gasteiger partial charge on any atom is -0.271 e. The molecule has 2 aromatic rings. The van der Waals surface area contributed by atoms with Gasteiger partial charge in [0.1, 0.15) is 5.82 Å². The van der Waals surface area contributed by atoms with Gasteiger partial charge in [0.25, 0.3) is 0 Å². The highest BCUT2D eigenvalue weighted by Gasteiger charge is 2.16. The van der Waals surface area contributed by atoms with Crippen molar-refractivity contribution in [3.8, 4) is 0 Å². The lowest BCUT2D eigenvalue weighted by atomic mass is 9.97. The van der Waals surface area contributed by atoms with Crippen molar-refractivity contribution < 1.29 is 4.39 Å². The summed E-state index contributed by atoms with van der Waals surface area (Å²) in [6.07, 6.45) is 0. The van der Waals surface area contributed by atoms with Crippen molar-refractivity contribution >= 4 is 11.3 Å². The maximum absolute atomic E-state index is 13.2. The Bertz CT molecular complexity index is 522. The Labute approximate surface area is 104 Å². The highest BCUT2D eigenvalue weighted by Crippen LogP contribution is 2.27. The highest BCUT2D eigenvalue weighted by molar-refractivity contribution is 7.08. The molecule has 0 saturated carbocycles. The average Bonchev–Trinajstić information content (AvgIpc) is 2.71. The van der Waals surface area contributed by atoms with Gasteiger partial charge in [0.05, 0.1) is 6.04 Å². The van der Waals surface area contributed by atoms with Crippen LogP contribution in [0.25, 0.3) is 0 Å². The molecule has 1 aromatic heterocycles. The summed E-state index contributed by atoms with van der Waals surface area (Å²) in [6, 6.07) is 5.00. The van der Waals surface area contributed by atoms with E-state index in [0.29, 0.717) is 5.56 Å². The Hall–Kier alpha value is -1.23. The van der Waals surface area contributed by atoms with E-state index in [2.05, 4.69) is 16.2 Å². The fourth-order valence-electron chi connectivity index (χ4n) is 1.88. The van der Waals surface area contributed by atoms with Gasteiger partial charge in [-0.15, -0.1) is 0 Å². The van der Waals surface area contributed by atoms with Crippen molar-refractivity contribution in [2.45, 2.75) is 19.9 Å². The normalized spacial score (nSPS) is 12.7. The zero-order valence-corrected chi connectivity index (χ0v) is 10.6. The van der Waals surface area contributed by atoms with Gasteiger partial charge in [0.15, 0.2) is 0 Å². The standard InChI is InChI=1S/C13H15FN2S/c1-8-5-10(3-4-12(8)14)13(16-15)11-7-17-6-9(11)2/h3-7,13,16H,15H2,1-2H3. The van der Waals surface area contributed by atoms with E-state index in [4.69, 9.17) is 5.84 Å². The Morgan fingerprint density at radius 1 is 1.24 bits per heavy atom. The van der Waals surface area contributed by atoms with E-state index in [-0.39, 0.29) is 11.9 Å². The van der Waals surface area contributed by atoms with Crippen LogP contribution in [-0.2, 0) is 0 Å². The fourth-order valence-corrected chi connectivity index (χ4v) is 2.76. The van der Waals surface area contributed by atoms with Crippen LogP contribution in [0, 0.1) is 19.7 Å². The van der Waals surface area contributed by atoms with E-state index in [1.807, 2.05) is 13.0 Å². The van der Waals surface area contributed by atoms with Gasteiger partial charge < -0.3 is 0 Å². The Morgan fingerprint density at radius 2 is 2.00 bits per heavy atom. The Kier molecular flexibility index (Phi) is 3.57. The molecule has 0 spiro atoms. The molecule has 1 atom stereocenters. The van der Waals surface area contributed by atoms with Crippen LogP contribution in [0.4, 0.5) is 4.39 Å². The molecule has 0 aliphatic heterocycles. The first-order valence-electron chi connectivity index (χ1n) is 5.38. The van der Waals surface area contributed by atoms with Crippen molar-refractivity contribution in [1.82, 2.24) is 5.43 Å². The number of hydrazine groups is 1. The maximum atomic E-state index is 13.2. The quantitative estimate of drug-likeness (QED) is 0.649. The maximum Gasteiger partial charge on any atom is 0.126 e. The third kappa shape index (κ3) is 2.39. The molecule has 17 heavy (non-hydrogen) atoms. The molecule has 0 amide bonds. The van der Waals surface area contributed by atoms with E-state index in [1.54, 1.807) is 24.3 Å². The number of aryl methyl sites for hydroxylation is 2. The number of halogens is 1. The first-order valence-corrected chi connectivity index (χ1v) is 6.32. The van der Waals surface area contributed by atoms with Crippen LogP contribution in [0.15, 0.2) is 29.0 Å². The van der Waals surface area contributed by atoms with E-state index in [9.17, 15) is 4.39 Å². The zero-order valence-electron chi connectivity index (χ0n) is 9.83. The van der Waals surface area contributed by atoms with Gasteiger partial charge in [-0.25, -0.2) is 9.82 Å². The zero-order chi connectivity index (χ0) is 12.4. The van der Waals surface area contributed by atoms with Crippen molar-refractivity contribution in [1.29, 1.82) is 0 Å². The van der Waals surface area contributed by atoms with E-state index < -0.39 is 0 Å². The predicted molar refractivity (Wildman–Crippen MR) is 69.4 cm³/mol. The minimum atomic E-state index is -0.188. The number of rotatable bonds is 3. The Morgan fingerprint density at radius 3 is 2.53 bits per heavy atom. The summed E-state index contributed by atoms with van der Waals surface area (Å²) in [5.41, 5.74) is 6.74. The summed E-state index contributed by atoms with van der Waals surface area (Å²) in [5, 5.41) is 4.15. The summed E-state index contributed by atoms with van der Waals surface area (Å²) >= 11 is 1.64. The molecule has 0 radical (unpaired) electrons. The molecule has 0 saturated heterocycles. The number of hydrogen-bond donors (Lipinski definition) is 2. The number of nitrogens with one attached hydrogen (secondary N) is 1. The predicted octanol–water partition coefficient (Wildman–Crippen LogP) is 3.06. The fraction of sp³-hybridized carbons (Fsp3) is 0.231. The van der Waals surface area contributed by atoms with Crippen LogP contribution in [0.5, 0.6) is 0 Å². The van der Waals surface area contributed by atoms with Crippen LogP contribution in [0.2, 0.25) is 0 Å². The van der Waals surface area contributed by atoms with Crippen LogP contribution in [0.1, 0.15) is 28.3 Å². The molecule has 90 valence electrons. The van der Waals surface area contributed by atoms with Crippen molar-refractivity contribution in [3.05, 3.63) is 57.0 Å². The molecule has 1 heterocycles. The molecule has 2 nitrogen and oxygen atoms in total. The molecule has 2 rings (SSSR count). The summed E-state index contributed by atoms with van der Waals surface area (Å²) < 4.78 is 13.2. The molecule has 0 aliphatic carbocycles. The molecule has 0 fully saturated rings. The molecule has 1 unspecified atom stereocenters. The molecular formula is C13H15FN2S. The smallest absolute Gasteiger partial charge is 0.126 e. The molecule has 0 aliphatic rings. The molecule has 1 aromatic carbocycles. The van der Waals surface area contributed by atoms with Crippen LogP contribution < -0.4 is 11.3 Å². The molecular weight excluding hydrogens is 235 g/mol. The summed E-state index contributed by atoms with van der Waals surface area (Å²) in [7, 11) is 0. The lowest BCUT2D eigenvalue weighted by Gasteiger charge is -2.17. The Balaban J connectivity index is 2.42. The first kappa shape index (κ1) is 12.2. The second kappa shape index (κ2) is 4.96. The van der Waals surface area contributed by atoms with Crippen LogP contribution in [0.3, 0.4) is 0 Å². The monoisotopic (exact) mass is 250 g/mol. The van der Waals surface area contributed by atoms with Crippen molar-refractivity contribution in [2.75, 3.05) is 0 Å². The lowest BCUT2D eigenvalue weighted by molar-refractivity contribution is 0.607. The van der Waals surface area contributed by atoms with Gasteiger partial charge in [0.2, 0.25) is 0 Å². The first-order chi connectivity index (χ1) is 8.13. The van der Waals surface area contributed by atoms with Crippen molar-refractivity contribution in [3.63, 3.8) is 0 Å². The topological polar surface area (TPSA) is 38.0 Å². The van der Waals surface area contributed by atoms with Gasteiger partial charge in [-0.05, 0) is 52.9 Å². The second-order valence-corrected chi connectivity index (χ2v) is 4.86. The third-order valence-electron chi connectivity index (χ3n) is 2.89. The van der Waals surface area contributed by atoms with Crippen LogP contribution >= 0.6 is 11.3 Å². The summed E-state index contributed by atoms with van der Waals surface area (Å²) in [4.78, 5) is 0. The number of nitrogens with two attached hydrogens (primary N) is 1. The van der Waals surface area contributed by atoms with Gasteiger partial charge in [-0.3, -0.25) is 5.84 Å². The lowest BCUT2D eigenvalue weighted by Crippen LogP contribution is -2.29. The van der Waals surface area contributed by atoms with E-state index >= 15 is 0 Å². The highest BCUT2D eigenvalue weighted by atomic mass is 32.1. The summed E-state index contributed by atoms with van der Waals surface area (Å²) in [5.74, 6) is 5.43. The van der Waals surface area contributed by atoms with E-state index in [0.717, 1.165) is 11.1 Å². The van der Waals surface area contributed by atoms with Gasteiger partial charge in [-0.1, -0.05) is 12.1 Å². The van der Waals surface area contributed by atoms with Gasteiger partial charge >= 0.3 is 0 Å². The number of thiophene rings is 1. The largest absolute Gasteiger partial charge is 0.271 e. The second-order valence-electron chi connectivity index (χ2n) is 4.12. The van der Waals surface area contributed by atoms with Gasteiger partial charge in [-0.2, -0.15) is 11.3 Å². The molecule has 3 N–H and O–H groups in total. The minimum absolute atomic E-state index is 0.0828. The van der Waals surface area contributed by atoms with Crippen molar-refractivity contribution in [2.24, 2.45) is 5.84 Å². The van der Waals surface area contributed by atoms with Gasteiger partial charge in [0, 0.05) is 0 Å². The molecule has 4 heteroatoms. The SMILES string of the molecule is Cc1cc(C(NN)c2cscc2C)ccc1F. The summed E-state index contributed by atoms with van der Waals surface area (Å²) in [6.45, 7) is 3.80. The molecule has 0 bridgehead atoms. The third-order valence-corrected chi connectivity index (χ3v) is 3.77.